The van der Waals surface area contributed by atoms with Crippen LogP contribution in [0.3, 0.4) is 0 Å². The molecule has 2 aromatic heterocycles. The number of carbonyl (C=O) groups excluding carboxylic acids is 2. The van der Waals surface area contributed by atoms with Gasteiger partial charge in [0.15, 0.2) is 5.41 Å². The number of hydrogen-bond acceptors (Lipinski definition) is 7. The summed E-state index contributed by atoms with van der Waals surface area (Å²) >= 11 is 1.55. The maximum absolute atomic E-state index is 12.9. The molecule has 0 aliphatic heterocycles. The Balaban J connectivity index is 1.47. The Labute approximate surface area is 226 Å². The molecule has 1 aliphatic rings. The minimum absolute atomic E-state index is 0.201. The smallest absolute Gasteiger partial charge is 0.324 e. The number of nitrogens with zero attached hydrogens (tertiary/aromatic N) is 2. The maximum atomic E-state index is 12.9. The van der Waals surface area contributed by atoms with Crippen LogP contribution in [-0.2, 0) is 38.4 Å². The molecule has 5 rings (SSSR count). The molecule has 38 heavy (non-hydrogen) atoms. The van der Waals surface area contributed by atoms with Crippen LogP contribution in [0.4, 0.5) is 0 Å². The number of carbonyl (C=O) groups is 2. The van der Waals surface area contributed by atoms with Crippen molar-refractivity contribution in [3.05, 3.63) is 83.7 Å². The first-order valence-electron chi connectivity index (χ1n) is 12.7. The van der Waals surface area contributed by atoms with Crippen LogP contribution in [0.5, 0.6) is 5.75 Å². The molecule has 0 radical (unpaired) electrons. The van der Waals surface area contributed by atoms with Crippen LogP contribution in [0, 0.1) is 5.41 Å². The summed E-state index contributed by atoms with van der Waals surface area (Å²) in [6, 6.07) is 18.4. The van der Waals surface area contributed by atoms with E-state index in [4.69, 9.17) is 14.2 Å². The van der Waals surface area contributed by atoms with Crippen molar-refractivity contribution < 1.29 is 23.8 Å². The number of aromatic nitrogens is 2. The molecule has 1 aliphatic carbocycles. The van der Waals surface area contributed by atoms with Crippen LogP contribution < -0.4 is 4.74 Å². The molecule has 2 aromatic carbocycles. The standard InChI is InChI=1S/C30H30N2O5S/c1-4-36-28(33)30(29(34)37-5-2)15-21-13-27(31-17-22(21)16-30)38-26-19-32(18-20-9-7-6-8-10-20)25-12-11-23(35-3)14-24(25)26/h6-14,17,19H,4-5,15-16,18H2,1-3H3. The quantitative estimate of drug-likeness (QED) is 0.210. The number of ether oxygens (including phenoxy) is 3. The van der Waals surface area contributed by atoms with E-state index in [0.29, 0.717) is 0 Å². The first-order chi connectivity index (χ1) is 18.5. The van der Waals surface area contributed by atoms with Crippen LogP contribution in [0.15, 0.2) is 76.9 Å². The van der Waals surface area contributed by atoms with E-state index in [1.54, 1.807) is 38.9 Å². The van der Waals surface area contributed by atoms with Crippen molar-refractivity contribution in [1.29, 1.82) is 0 Å². The SMILES string of the molecule is CCOC(=O)C1(C(=O)OCC)Cc2cnc(Sc3cn(Cc4ccccc4)c4ccc(OC)cc34)cc2C1. The van der Waals surface area contributed by atoms with Crippen LogP contribution in [0.25, 0.3) is 10.9 Å². The summed E-state index contributed by atoms with van der Waals surface area (Å²) < 4.78 is 18.3. The predicted molar refractivity (Wildman–Crippen MR) is 146 cm³/mol. The molecular weight excluding hydrogens is 500 g/mol. The Hall–Kier alpha value is -3.78. The number of methoxy groups -OCH3 is 1. The summed E-state index contributed by atoms with van der Waals surface area (Å²) in [6.45, 7) is 4.61. The van der Waals surface area contributed by atoms with Gasteiger partial charge in [0.25, 0.3) is 0 Å². The fourth-order valence-corrected chi connectivity index (χ4v) is 5.97. The molecule has 2 heterocycles. The molecule has 196 valence electrons. The van der Waals surface area contributed by atoms with Crippen molar-refractivity contribution in [2.24, 2.45) is 5.41 Å². The predicted octanol–water partition coefficient (Wildman–Crippen LogP) is 5.46. The Bertz CT molecular complexity index is 1460. The van der Waals surface area contributed by atoms with Crippen LogP contribution in [0.2, 0.25) is 0 Å². The van der Waals surface area contributed by atoms with Crippen LogP contribution in [0.1, 0.15) is 30.5 Å². The fourth-order valence-electron chi connectivity index (χ4n) is 4.98. The first-order valence-corrected chi connectivity index (χ1v) is 13.5. The van der Waals surface area contributed by atoms with Gasteiger partial charge in [0, 0.05) is 41.2 Å². The summed E-state index contributed by atoms with van der Waals surface area (Å²) in [7, 11) is 1.66. The van der Waals surface area contributed by atoms with Gasteiger partial charge in [-0.15, -0.1) is 0 Å². The molecule has 8 heteroatoms. The van der Waals surface area contributed by atoms with Gasteiger partial charge in [-0.3, -0.25) is 9.59 Å². The van der Waals surface area contributed by atoms with Crippen molar-refractivity contribution in [2.75, 3.05) is 20.3 Å². The third kappa shape index (κ3) is 4.88. The lowest BCUT2D eigenvalue weighted by atomic mass is 9.85. The summed E-state index contributed by atoms with van der Waals surface area (Å²) in [5.41, 5.74) is 2.72. The van der Waals surface area contributed by atoms with E-state index in [2.05, 4.69) is 33.9 Å². The highest BCUT2D eigenvalue weighted by molar-refractivity contribution is 7.99. The van der Waals surface area contributed by atoms with E-state index in [9.17, 15) is 9.59 Å². The minimum atomic E-state index is -1.36. The van der Waals surface area contributed by atoms with E-state index in [-0.39, 0.29) is 26.1 Å². The summed E-state index contributed by atoms with van der Waals surface area (Å²) in [6.07, 6.45) is 4.37. The topological polar surface area (TPSA) is 79.7 Å². The number of rotatable bonds is 9. The van der Waals surface area contributed by atoms with Gasteiger partial charge in [0.2, 0.25) is 0 Å². The molecule has 0 unspecified atom stereocenters. The normalized spacial score (nSPS) is 13.8. The number of pyridine rings is 1. The Morgan fingerprint density at radius 2 is 1.68 bits per heavy atom. The number of esters is 2. The Morgan fingerprint density at radius 3 is 2.37 bits per heavy atom. The van der Waals surface area contributed by atoms with Gasteiger partial charge in [-0.2, -0.15) is 0 Å². The Kier molecular flexibility index (Phi) is 7.42. The molecule has 0 saturated carbocycles. The molecule has 4 aromatic rings. The van der Waals surface area contributed by atoms with Gasteiger partial charge in [-0.1, -0.05) is 42.1 Å². The maximum Gasteiger partial charge on any atom is 0.324 e. The highest BCUT2D eigenvalue weighted by Crippen LogP contribution is 2.42. The molecule has 0 atom stereocenters. The zero-order chi connectivity index (χ0) is 26.7. The second-order valence-corrected chi connectivity index (χ2v) is 10.3. The largest absolute Gasteiger partial charge is 0.497 e. The van der Waals surface area contributed by atoms with Crippen LogP contribution in [-0.4, -0.2) is 41.8 Å². The van der Waals surface area contributed by atoms with E-state index in [0.717, 1.165) is 44.2 Å². The van der Waals surface area contributed by atoms with Crippen molar-refractivity contribution >= 4 is 34.6 Å². The molecule has 0 saturated heterocycles. The Morgan fingerprint density at radius 1 is 0.974 bits per heavy atom. The number of hydrogen-bond donors (Lipinski definition) is 0. The van der Waals surface area contributed by atoms with Crippen molar-refractivity contribution in [3.63, 3.8) is 0 Å². The minimum Gasteiger partial charge on any atom is -0.497 e. The molecule has 0 N–H and O–H groups in total. The fraction of sp³-hybridized carbons (Fsp3) is 0.300. The molecule has 0 spiro atoms. The monoisotopic (exact) mass is 530 g/mol. The zero-order valence-corrected chi connectivity index (χ0v) is 22.5. The third-order valence-electron chi connectivity index (χ3n) is 6.84. The van der Waals surface area contributed by atoms with Crippen molar-refractivity contribution in [3.8, 4) is 5.75 Å². The van der Waals surface area contributed by atoms with Gasteiger partial charge >= 0.3 is 11.9 Å². The van der Waals surface area contributed by atoms with E-state index in [1.807, 2.05) is 36.4 Å². The summed E-state index contributed by atoms with van der Waals surface area (Å²) in [4.78, 5) is 31.6. The average Bonchev–Trinajstić information content (AvgIpc) is 3.48. The van der Waals surface area contributed by atoms with Crippen molar-refractivity contribution in [2.45, 2.75) is 43.2 Å². The first kappa shape index (κ1) is 25.9. The van der Waals surface area contributed by atoms with Crippen molar-refractivity contribution in [1.82, 2.24) is 9.55 Å². The van der Waals surface area contributed by atoms with Crippen LogP contribution >= 0.6 is 11.8 Å². The molecule has 0 amide bonds. The van der Waals surface area contributed by atoms with Gasteiger partial charge in [-0.05, 0) is 61.2 Å². The van der Waals surface area contributed by atoms with Gasteiger partial charge in [-0.25, -0.2) is 4.98 Å². The molecule has 7 nitrogen and oxygen atoms in total. The summed E-state index contributed by atoms with van der Waals surface area (Å²) in [5.74, 6) is -0.299. The van der Waals surface area contributed by atoms with E-state index < -0.39 is 17.4 Å². The van der Waals surface area contributed by atoms with Gasteiger partial charge < -0.3 is 18.8 Å². The molecule has 0 bridgehead atoms. The van der Waals surface area contributed by atoms with Gasteiger partial charge in [0.05, 0.1) is 20.3 Å². The lowest BCUT2D eigenvalue weighted by molar-refractivity contribution is -0.171. The average molecular weight is 531 g/mol. The third-order valence-corrected chi connectivity index (χ3v) is 7.81. The molecular formula is C30H30N2O5S. The van der Waals surface area contributed by atoms with E-state index >= 15 is 0 Å². The molecule has 0 fully saturated rings. The zero-order valence-electron chi connectivity index (χ0n) is 21.7. The highest BCUT2D eigenvalue weighted by atomic mass is 32.2. The number of benzene rings is 2. The number of fused-ring (bicyclic) bond motifs is 2. The second kappa shape index (κ2) is 10.9. The lowest BCUT2D eigenvalue weighted by Gasteiger charge is -2.23. The summed E-state index contributed by atoms with van der Waals surface area (Å²) in [5, 5.41) is 1.86. The lowest BCUT2D eigenvalue weighted by Crippen LogP contribution is -2.43. The highest BCUT2D eigenvalue weighted by Gasteiger charge is 2.53. The van der Waals surface area contributed by atoms with E-state index in [1.165, 1.54) is 5.56 Å². The second-order valence-electron chi connectivity index (χ2n) is 9.26. The van der Waals surface area contributed by atoms with Gasteiger partial charge in [0.1, 0.15) is 10.8 Å².